The van der Waals surface area contributed by atoms with Crippen LogP contribution < -0.4 is 11.1 Å². The number of hydrogen-bond donors (Lipinski definition) is 2. The van der Waals surface area contributed by atoms with Crippen LogP contribution in [0.15, 0.2) is 41.8 Å². The Labute approximate surface area is 204 Å². The summed E-state index contributed by atoms with van der Waals surface area (Å²) in [6.07, 6.45) is 3.98. The summed E-state index contributed by atoms with van der Waals surface area (Å²) in [5, 5.41) is 12.1. The highest BCUT2D eigenvalue weighted by atomic mass is 35.5. The number of hydrogen-bond acceptors (Lipinski definition) is 5. The summed E-state index contributed by atoms with van der Waals surface area (Å²) in [5.41, 5.74) is 7.57. The van der Waals surface area contributed by atoms with Crippen LogP contribution in [0.5, 0.6) is 0 Å². The van der Waals surface area contributed by atoms with Crippen molar-refractivity contribution in [2.45, 2.75) is 50.4 Å². The van der Waals surface area contributed by atoms with Crippen LogP contribution in [-0.4, -0.2) is 43.4 Å². The van der Waals surface area contributed by atoms with Crippen LogP contribution in [0.1, 0.15) is 31.5 Å². The molecule has 0 aromatic carbocycles. The summed E-state index contributed by atoms with van der Waals surface area (Å²) in [6.45, 7) is 0.647. The molecule has 0 unspecified atom stereocenters. The van der Waals surface area contributed by atoms with E-state index < -0.39 is 12.6 Å². The molecule has 0 radical (unpaired) electrons. The lowest BCUT2D eigenvalue weighted by Gasteiger charge is -2.47. The molecule has 1 aliphatic carbocycles. The monoisotopic (exact) mass is 504 g/mol. The molecule has 184 valence electrons. The zero-order chi connectivity index (χ0) is 24.8. The predicted molar refractivity (Wildman–Crippen MR) is 128 cm³/mol. The third-order valence-corrected chi connectivity index (χ3v) is 6.93. The third-order valence-electron chi connectivity index (χ3n) is 6.63. The molecular formula is C23H24ClF3N8. The van der Waals surface area contributed by atoms with Crippen LogP contribution in [0.4, 0.5) is 19.0 Å². The van der Waals surface area contributed by atoms with Gasteiger partial charge < -0.3 is 20.2 Å². The molecule has 8 nitrogen and oxygen atoms in total. The van der Waals surface area contributed by atoms with Crippen molar-refractivity contribution < 1.29 is 13.2 Å². The molecule has 12 heteroatoms. The fourth-order valence-electron chi connectivity index (χ4n) is 4.85. The van der Waals surface area contributed by atoms with Crippen molar-refractivity contribution in [2.24, 2.45) is 10.7 Å². The fourth-order valence-corrected chi connectivity index (χ4v) is 5.06. The maximum Gasteiger partial charge on any atom is 0.389 e. The molecule has 1 fully saturated rings. The van der Waals surface area contributed by atoms with Crippen LogP contribution in [0.3, 0.4) is 0 Å². The number of amidine groups is 1. The van der Waals surface area contributed by atoms with Gasteiger partial charge in [-0.15, -0.1) is 10.2 Å². The van der Waals surface area contributed by atoms with Gasteiger partial charge in [-0.2, -0.15) is 13.2 Å². The largest absolute Gasteiger partial charge is 0.404 e. The van der Waals surface area contributed by atoms with Gasteiger partial charge >= 0.3 is 6.18 Å². The first-order valence-corrected chi connectivity index (χ1v) is 11.6. The van der Waals surface area contributed by atoms with Crippen LogP contribution in [0.2, 0.25) is 5.02 Å². The molecule has 35 heavy (non-hydrogen) atoms. The number of halogens is 4. The van der Waals surface area contributed by atoms with Crippen molar-refractivity contribution in [3.05, 3.63) is 47.6 Å². The highest BCUT2D eigenvalue weighted by molar-refractivity contribution is 6.33. The van der Waals surface area contributed by atoms with Gasteiger partial charge in [0, 0.05) is 43.5 Å². The summed E-state index contributed by atoms with van der Waals surface area (Å²) >= 11 is 6.51. The van der Waals surface area contributed by atoms with Gasteiger partial charge in [0.05, 0.1) is 22.7 Å². The van der Waals surface area contributed by atoms with Gasteiger partial charge in [0.1, 0.15) is 17.5 Å². The molecule has 4 heterocycles. The maximum absolute atomic E-state index is 12.9. The van der Waals surface area contributed by atoms with Gasteiger partial charge in [0.15, 0.2) is 5.82 Å². The first kappa shape index (κ1) is 23.4. The van der Waals surface area contributed by atoms with Crippen LogP contribution in [0.25, 0.3) is 22.6 Å². The number of nitrogens with one attached hydrogen (secondary N) is 1. The van der Waals surface area contributed by atoms with Crippen molar-refractivity contribution in [1.29, 1.82) is 0 Å². The van der Waals surface area contributed by atoms with Crippen molar-refractivity contribution in [3.8, 4) is 22.6 Å². The van der Waals surface area contributed by atoms with Crippen LogP contribution in [0, 0.1) is 0 Å². The Kier molecular flexibility index (Phi) is 5.82. The number of rotatable bonds is 5. The van der Waals surface area contributed by atoms with E-state index in [1.165, 1.54) is 6.20 Å². The summed E-state index contributed by atoms with van der Waals surface area (Å²) in [7, 11) is 1.64. The number of aromatic nitrogens is 5. The quantitative estimate of drug-likeness (QED) is 0.385. The number of nitrogens with two attached hydrogens (primary N) is 1. The van der Waals surface area contributed by atoms with Crippen LogP contribution >= 0.6 is 11.6 Å². The molecule has 3 aromatic heterocycles. The normalized spacial score (nSPS) is 16.9. The molecule has 0 bridgehead atoms. The lowest BCUT2D eigenvalue weighted by atomic mass is 9.75. The summed E-state index contributed by atoms with van der Waals surface area (Å²) < 4.78 is 42.8. The van der Waals surface area contributed by atoms with E-state index in [9.17, 15) is 13.2 Å². The van der Waals surface area contributed by atoms with E-state index in [0.717, 1.165) is 36.1 Å². The topological polar surface area (TPSA) is 98.9 Å². The molecule has 1 spiro atoms. The predicted octanol–water partition coefficient (Wildman–Crippen LogP) is 4.76. The van der Waals surface area contributed by atoms with Gasteiger partial charge in [-0.25, -0.2) is 4.98 Å². The Morgan fingerprint density at radius 3 is 2.77 bits per heavy atom. The Morgan fingerprint density at radius 2 is 2.11 bits per heavy atom. The average molecular weight is 505 g/mol. The number of pyridine rings is 1. The molecule has 5 rings (SSSR count). The third kappa shape index (κ3) is 4.29. The number of fused-ring (bicyclic) bond motifs is 4. The number of anilines is 1. The molecule has 1 aliphatic heterocycles. The second-order valence-electron chi connectivity index (χ2n) is 8.85. The number of aryl methyl sites for hydroxylation is 1. The highest BCUT2D eigenvalue weighted by Gasteiger charge is 2.46. The van der Waals surface area contributed by atoms with Crippen LogP contribution in [-0.2, 0) is 18.5 Å². The van der Waals surface area contributed by atoms with E-state index in [1.54, 1.807) is 19.3 Å². The maximum atomic E-state index is 12.9. The molecule has 0 saturated heterocycles. The molecule has 3 N–H and O–H groups in total. The minimum absolute atomic E-state index is 0.185. The smallest absolute Gasteiger partial charge is 0.389 e. The SMILES string of the molecule is CN=C(C=CN)Nc1cc(-c2cc3n(c2)CC2(CCC2)n2c(CCC(F)(F)F)nnc2-3)c(Cl)cn1. The fraction of sp³-hybridized carbons (Fsp3) is 0.391. The standard InChI is InChI=1S/C23H24ClF3N8/c1-29-18(4-8-28)31-19-10-15(16(24)11-30-19)14-9-17-21-33-32-20(3-7-23(25,26)27)35(21)22(5-2-6-22)13-34(17)12-14/h4,8-12H,2-3,5-7,13,28H2,1H3,(H,29,30,31). The van der Waals surface area contributed by atoms with E-state index in [-0.39, 0.29) is 12.0 Å². The van der Waals surface area contributed by atoms with Crippen molar-refractivity contribution >= 4 is 23.3 Å². The first-order valence-electron chi connectivity index (χ1n) is 11.2. The number of nitrogens with zero attached hydrogens (tertiary/aromatic N) is 6. The zero-order valence-corrected chi connectivity index (χ0v) is 19.7. The summed E-state index contributed by atoms with van der Waals surface area (Å²) in [4.78, 5) is 8.43. The zero-order valence-electron chi connectivity index (χ0n) is 19.0. The van der Waals surface area contributed by atoms with Gasteiger partial charge in [0.2, 0.25) is 0 Å². The van der Waals surface area contributed by atoms with E-state index >= 15 is 0 Å². The molecule has 3 aromatic rings. The lowest BCUT2D eigenvalue weighted by Crippen LogP contribution is -2.47. The van der Waals surface area contributed by atoms with E-state index in [4.69, 9.17) is 17.3 Å². The van der Waals surface area contributed by atoms with E-state index in [0.29, 0.717) is 34.9 Å². The van der Waals surface area contributed by atoms with E-state index in [2.05, 4.69) is 30.1 Å². The van der Waals surface area contributed by atoms with Crippen molar-refractivity contribution in [1.82, 2.24) is 24.3 Å². The molecule has 0 amide bonds. The highest BCUT2D eigenvalue weighted by Crippen LogP contribution is 2.48. The Balaban J connectivity index is 1.52. The van der Waals surface area contributed by atoms with Gasteiger partial charge in [-0.3, -0.25) is 4.99 Å². The van der Waals surface area contributed by atoms with E-state index in [1.807, 2.05) is 22.9 Å². The Hall–Kier alpha value is -3.34. The average Bonchev–Trinajstić information content (AvgIpc) is 3.40. The second kappa shape index (κ2) is 8.71. The first-order chi connectivity index (χ1) is 16.7. The summed E-state index contributed by atoms with van der Waals surface area (Å²) in [6, 6.07) is 3.76. The van der Waals surface area contributed by atoms with Crippen molar-refractivity contribution in [3.63, 3.8) is 0 Å². The van der Waals surface area contributed by atoms with Gasteiger partial charge in [0.25, 0.3) is 0 Å². The number of aliphatic imine (C=N–C) groups is 1. The van der Waals surface area contributed by atoms with Gasteiger partial charge in [-0.05, 0) is 43.7 Å². The Bertz CT molecular complexity index is 1320. The van der Waals surface area contributed by atoms with Gasteiger partial charge in [-0.1, -0.05) is 11.6 Å². The molecule has 1 saturated carbocycles. The minimum atomic E-state index is -4.24. The molecule has 0 atom stereocenters. The molecule has 2 aliphatic rings. The Morgan fingerprint density at radius 1 is 1.31 bits per heavy atom. The summed E-state index contributed by atoms with van der Waals surface area (Å²) in [5.74, 6) is 2.06. The number of alkyl halides is 3. The minimum Gasteiger partial charge on any atom is -0.404 e. The molecular weight excluding hydrogens is 481 g/mol. The lowest BCUT2D eigenvalue weighted by molar-refractivity contribution is -0.134. The van der Waals surface area contributed by atoms with Crippen molar-refractivity contribution in [2.75, 3.05) is 12.4 Å². The second-order valence-corrected chi connectivity index (χ2v) is 9.26.